The number of amides is 1. The van der Waals surface area contributed by atoms with E-state index in [4.69, 9.17) is 10.5 Å². The lowest BCUT2D eigenvalue weighted by Gasteiger charge is -2.10. The molecule has 0 spiro atoms. The summed E-state index contributed by atoms with van der Waals surface area (Å²) in [6.07, 6.45) is 2.54. The Bertz CT molecular complexity index is 622. The van der Waals surface area contributed by atoms with Crippen molar-refractivity contribution < 1.29 is 9.53 Å². The number of aryl methyl sites for hydroxylation is 2. The molecule has 2 aromatic rings. The van der Waals surface area contributed by atoms with E-state index in [0.717, 1.165) is 23.4 Å². The Morgan fingerprint density at radius 1 is 1.43 bits per heavy atom. The minimum absolute atomic E-state index is 0.0605. The van der Waals surface area contributed by atoms with Gasteiger partial charge in [-0.25, -0.2) is 0 Å². The number of carbonyl (C=O) groups is 1. The van der Waals surface area contributed by atoms with Crippen molar-refractivity contribution in [2.45, 2.75) is 19.9 Å². The molecule has 6 nitrogen and oxygen atoms in total. The van der Waals surface area contributed by atoms with E-state index in [9.17, 15) is 4.79 Å². The first-order valence-electron chi connectivity index (χ1n) is 6.87. The van der Waals surface area contributed by atoms with Crippen molar-refractivity contribution >= 4 is 11.6 Å². The minimum Gasteiger partial charge on any atom is -0.483 e. The Morgan fingerprint density at radius 2 is 2.19 bits per heavy atom. The lowest BCUT2D eigenvalue weighted by molar-refractivity contribution is -0.118. The summed E-state index contributed by atoms with van der Waals surface area (Å²) in [4.78, 5) is 12.0. The van der Waals surface area contributed by atoms with Gasteiger partial charge in [-0.1, -0.05) is 25.1 Å². The summed E-state index contributed by atoms with van der Waals surface area (Å²) in [5.74, 6) is 0.418. The number of rotatable bonds is 6. The topological polar surface area (TPSA) is 82.2 Å². The van der Waals surface area contributed by atoms with Crippen LogP contribution in [-0.4, -0.2) is 22.3 Å². The number of aromatic nitrogens is 2. The average molecular weight is 288 g/mol. The Balaban J connectivity index is 1.96. The third kappa shape index (κ3) is 3.82. The van der Waals surface area contributed by atoms with Gasteiger partial charge in [0.1, 0.15) is 5.75 Å². The van der Waals surface area contributed by atoms with Crippen LogP contribution in [0.25, 0.3) is 0 Å². The van der Waals surface area contributed by atoms with E-state index >= 15 is 0 Å². The molecule has 2 rings (SSSR count). The molecule has 0 aliphatic rings. The smallest absolute Gasteiger partial charge is 0.262 e. The van der Waals surface area contributed by atoms with Crippen LogP contribution in [0.1, 0.15) is 18.2 Å². The van der Waals surface area contributed by atoms with E-state index in [2.05, 4.69) is 10.4 Å². The number of anilines is 1. The molecule has 0 aliphatic carbocycles. The average Bonchev–Trinajstić information content (AvgIpc) is 2.85. The minimum atomic E-state index is -0.218. The first kappa shape index (κ1) is 15.1. The van der Waals surface area contributed by atoms with Crippen molar-refractivity contribution in [2.24, 2.45) is 12.8 Å². The molecule has 0 saturated heterocycles. The lowest BCUT2D eigenvalue weighted by atomic mass is 10.2. The zero-order chi connectivity index (χ0) is 15.2. The Morgan fingerprint density at radius 3 is 2.90 bits per heavy atom. The van der Waals surface area contributed by atoms with E-state index in [-0.39, 0.29) is 12.5 Å². The van der Waals surface area contributed by atoms with Crippen LogP contribution in [0.2, 0.25) is 0 Å². The summed E-state index contributed by atoms with van der Waals surface area (Å²) in [6.45, 7) is 2.31. The van der Waals surface area contributed by atoms with Crippen LogP contribution in [0.4, 0.5) is 5.69 Å². The molecule has 1 aromatic heterocycles. The molecule has 0 atom stereocenters. The van der Waals surface area contributed by atoms with Gasteiger partial charge in [0.05, 0.1) is 11.4 Å². The third-order valence-corrected chi connectivity index (χ3v) is 3.07. The van der Waals surface area contributed by atoms with E-state index in [1.807, 2.05) is 32.2 Å². The number of benzene rings is 1. The summed E-state index contributed by atoms with van der Waals surface area (Å²) in [5.41, 5.74) is 8.08. The molecule has 0 saturated carbocycles. The molecule has 1 aromatic carbocycles. The molecule has 0 aliphatic heterocycles. The fraction of sp³-hybridized carbons (Fsp3) is 0.333. The Labute approximate surface area is 123 Å². The number of carbonyl (C=O) groups excluding carboxylic acids is 1. The standard InChI is InChI=1S/C15H20N4O2/c1-3-12-13(9-19(2)18-12)17-15(20)10-21-14-7-5-4-6-11(14)8-16/h4-7,9H,3,8,10,16H2,1-2H3,(H,17,20). The Kier molecular flexibility index (Phi) is 4.94. The summed E-state index contributed by atoms with van der Waals surface area (Å²) < 4.78 is 7.20. The number of hydrogen-bond donors (Lipinski definition) is 2. The first-order chi connectivity index (χ1) is 10.1. The summed E-state index contributed by atoms with van der Waals surface area (Å²) in [7, 11) is 1.82. The quantitative estimate of drug-likeness (QED) is 0.843. The van der Waals surface area contributed by atoms with E-state index in [1.54, 1.807) is 16.9 Å². The molecule has 0 fully saturated rings. The highest BCUT2D eigenvalue weighted by molar-refractivity contribution is 5.92. The van der Waals surface area contributed by atoms with Gasteiger partial charge in [-0.05, 0) is 12.5 Å². The van der Waals surface area contributed by atoms with Crippen LogP contribution in [0, 0.1) is 0 Å². The molecule has 3 N–H and O–H groups in total. The number of para-hydroxylation sites is 1. The van der Waals surface area contributed by atoms with Gasteiger partial charge >= 0.3 is 0 Å². The maximum absolute atomic E-state index is 12.0. The van der Waals surface area contributed by atoms with Gasteiger partial charge in [0.25, 0.3) is 5.91 Å². The fourth-order valence-electron chi connectivity index (χ4n) is 2.04. The SMILES string of the molecule is CCc1nn(C)cc1NC(=O)COc1ccccc1CN. The molecule has 0 bridgehead atoms. The van der Waals surface area contributed by atoms with Crippen LogP contribution in [-0.2, 0) is 24.8 Å². The van der Waals surface area contributed by atoms with E-state index in [0.29, 0.717) is 12.3 Å². The van der Waals surface area contributed by atoms with Crippen LogP contribution < -0.4 is 15.8 Å². The molecule has 0 radical (unpaired) electrons. The second kappa shape index (κ2) is 6.90. The summed E-state index contributed by atoms with van der Waals surface area (Å²) >= 11 is 0. The van der Waals surface area contributed by atoms with Crippen LogP contribution in [0.3, 0.4) is 0 Å². The van der Waals surface area contributed by atoms with E-state index < -0.39 is 0 Å². The van der Waals surface area contributed by atoms with Crippen molar-refractivity contribution in [3.63, 3.8) is 0 Å². The predicted octanol–water partition coefficient (Wildman–Crippen LogP) is 1.46. The zero-order valence-electron chi connectivity index (χ0n) is 12.3. The van der Waals surface area contributed by atoms with Crippen LogP contribution >= 0.6 is 0 Å². The van der Waals surface area contributed by atoms with Crippen molar-refractivity contribution in [1.29, 1.82) is 0 Å². The third-order valence-electron chi connectivity index (χ3n) is 3.07. The molecule has 1 amide bonds. The molecule has 6 heteroatoms. The van der Waals surface area contributed by atoms with Gasteiger partial charge in [-0.3, -0.25) is 9.48 Å². The van der Waals surface area contributed by atoms with Crippen molar-refractivity contribution in [1.82, 2.24) is 9.78 Å². The number of nitrogens with zero attached hydrogens (tertiary/aromatic N) is 2. The largest absolute Gasteiger partial charge is 0.483 e. The van der Waals surface area contributed by atoms with Gasteiger partial charge in [-0.15, -0.1) is 0 Å². The monoisotopic (exact) mass is 288 g/mol. The molecule has 0 unspecified atom stereocenters. The highest BCUT2D eigenvalue weighted by atomic mass is 16.5. The number of nitrogens with two attached hydrogens (primary N) is 1. The van der Waals surface area contributed by atoms with Gasteiger partial charge in [0.15, 0.2) is 6.61 Å². The van der Waals surface area contributed by atoms with Crippen LogP contribution in [0.15, 0.2) is 30.5 Å². The normalized spacial score (nSPS) is 10.4. The lowest BCUT2D eigenvalue weighted by Crippen LogP contribution is -2.21. The van der Waals surface area contributed by atoms with Gasteiger partial charge in [0.2, 0.25) is 0 Å². The number of ether oxygens (including phenoxy) is 1. The van der Waals surface area contributed by atoms with Gasteiger partial charge < -0.3 is 15.8 Å². The van der Waals surface area contributed by atoms with Crippen molar-refractivity contribution in [3.8, 4) is 5.75 Å². The van der Waals surface area contributed by atoms with Crippen molar-refractivity contribution in [3.05, 3.63) is 41.7 Å². The maximum Gasteiger partial charge on any atom is 0.262 e. The summed E-state index contributed by atoms with van der Waals surface area (Å²) in [6, 6.07) is 7.42. The molecular weight excluding hydrogens is 268 g/mol. The highest BCUT2D eigenvalue weighted by Gasteiger charge is 2.11. The maximum atomic E-state index is 12.0. The van der Waals surface area contributed by atoms with E-state index in [1.165, 1.54) is 0 Å². The Hall–Kier alpha value is -2.34. The second-order valence-corrected chi connectivity index (χ2v) is 4.67. The first-order valence-corrected chi connectivity index (χ1v) is 6.87. The highest BCUT2D eigenvalue weighted by Crippen LogP contribution is 2.17. The second-order valence-electron chi connectivity index (χ2n) is 4.67. The summed E-state index contributed by atoms with van der Waals surface area (Å²) in [5, 5.41) is 7.08. The molecular formula is C15H20N4O2. The fourth-order valence-corrected chi connectivity index (χ4v) is 2.04. The predicted molar refractivity (Wildman–Crippen MR) is 81.0 cm³/mol. The van der Waals surface area contributed by atoms with Crippen molar-refractivity contribution in [2.75, 3.05) is 11.9 Å². The number of hydrogen-bond acceptors (Lipinski definition) is 4. The molecule has 21 heavy (non-hydrogen) atoms. The van der Waals surface area contributed by atoms with Gasteiger partial charge in [-0.2, -0.15) is 5.10 Å². The number of nitrogens with one attached hydrogen (secondary N) is 1. The zero-order valence-corrected chi connectivity index (χ0v) is 12.3. The molecule has 1 heterocycles. The van der Waals surface area contributed by atoms with Crippen LogP contribution in [0.5, 0.6) is 5.75 Å². The molecule has 112 valence electrons. The van der Waals surface area contributed by atoms with Gasteiger partial charge in [0, 0.05) is 25.4 Å².